The van der Waals surface area contributed by atoms with Crippen LogP contribution in [0.5, 0.6) is 0 Å². The van der Waals surface area contributed by atoms with E-state index < -0.39 is 0 Å². The van der Waals surface area contributed by atoms with E-state index in [9.17, 15) is 0 Å². The van der Waals surface area contributed by atoms with Crippen molar-refractivity contribution in [3.63, 3.8) is 0 Å². The molecule has 20 heavy (non-hydrogen) atoms. The van der Waals surface area contributed by atoms with Gasteiger partial charge in [0.05, 0.1) is 5.69 Å². The van der Waals surface area contributed by atoms with Gasteiger partial charge in [0, 0.05) is 42.4 Å². The van der Waals surface area contributed by atoms with Gasteiger partial charge in [-0.25, -0.2) is 0 Å². The molecule has 0 saturated carbocycles. The molecule has 0 bridgehead atoms. The van der Waals surface area contributed by atoms with Gasteiger partial charge in [-0.15, -0.1) is 0 Å². The van der Waals surface area contributed by atoms with Crippen molar-refractivity contribution in [1.82, 2.24) is 4.98 Å². The third kappa shape index (κ3) is 3.81. The van der Waals surface area contributed by atoms with Crippen LogP contribution >= 0.6 is 15.9 Å². The quantitative estimate of drug-likeness (QED) is 0.909. The Hall–Kier alpha value is -1.39. The summed E-state index contributed by atoms with van der Waals surface area (Å²) in [6.07, 6.45) is 2.77. The van der Waals surface area contributed by atoms with Gasteiger partial charge in [0.2, 0.25) is 0 Å². The summed E-state index contributed by atoms with van der Waals surface area (Å²) >= 11 is 3.63. The van der Waals surface area contributed by atoms with Crippen LogP contribution in [-0.2, 0) is 6.42 Å². The molecule has 2 rings (SSSR count). The Labute approximate surface area is 129 Å². The summed E-state index contributed by atoms with van der Waals surface area (Å²) in [5.74, 6) is 0. The van der Waals surface area contributed by atoms with Crippen molar-refractivity contribution in [3.05, 3.63) is 58.3 Å². The number of nitrogens with zero attached hydrogens (tertiary/aromatic N) is 2. The summed E-state index contributed by atoms with van der Waals surface area (Å²) in [6, 6.07) is 12.4. The van der Waals surface area contributed by atoms with E-state index in [0.29, 0.717) is 0 Å². The molecule has 0 spiro atoms. The highest BCUT2D eigenvalue weighted by molar-refractivity contribution is 9.10. The zero-order valence-corrected chi connectivity index (χ0v) is 13.5. The van der Waals surface area contributed by atoms with Crippen LogP contribution in [0.3, 0.4) is 0 Å². The molecular formula is C16H20BrN3. The van der Waals surface area contributed by atoms with E-state index in [1.54, 1.807) is 0 Å². The van der Waals surface area contributed by atoms with Crippen LogP contribution in [0.1, 0.15) is 24.2 Å². The number of aromatic nitrogens is 1. The molecule has 0 unspecified atom stereocenters. The van der Waals surface area contributed by atoms with Crippen molar-refractivity contribution in [2.24, 2.45) is 5.73 Å². The molecule has 1 aromatic heterocycles. The van der Waals surface area contributed by atoms with Crippen LogP contribution in [0.2, 0.25) is 0 Å². The first-order chi connectivity index (χ1) is 9.58. The number of rotatable bonds is 5. The van der Waals surface area contributed by atoms with E-state index in [2.05, 4.69) is 57.1 Å². The number of benzene rings is 1. The Morgan fingerprint density at radius 2 is 2.10 bits per heavy atom. The van der Waals surface area contributed by atoms with Crippen molar-refractivity contribution in [2.75, 3.05) is 18.5 Å². The van der Waals surface area contributed by atoms with Crippen molar-refractivity contribution in [2.45, 2.75) is 19.4 Å². The van der Waals surface area contributed by atoms with Crippen molar-refractivity contribution < 1.29 is 0 Å². The molecule has 0 fully saturated rings. The highest BCUT2D eigenvalue weighted by Crippen LogP contribution is 2.28. The van der Waals surface area contributed by atoms with E-state index in [1.165, 1.54) is 5.69 Å². The fourth-order valence-corrected chi connectivity index (χ4v) is 2.76. The van der Waals surface area contributed by atoms with Gasteiger partial charge < -0.3 is 10.6 Å². The molecule has 0 aliphatic rings. The third-order valence-corrected chi connectivity index (χ3v) is 3.97. The molecule has 106 valence electrons. The normalized spacial score (nSPS) is 12.2. The molecule has 2 N–H and O–H groups in total. The number of anilines is 1. The first-order valence-electron chi connectivity index (χ1n) is 6.74. The lowest BCUT2D eigenvalue weighted by atomic mass is 10.1. The average molecular weight is 334 g/mol. The summed E-state index contributed by atoms with van der Waals surface area (Å²) in [7, 11) is 2.09. The molecule has 0 aliphatic carbocycles. The van der Waals surface area contributed by atoms with E-state index in [4.69, 9.17) is 5.73 Å². The Bertz CT molecular complexity index is 555. The molecule has 1 aromatic carbocycles. The van der Waals surface area contributed by atoms with Gasteiger partial charge in [-0.2, -0.15) is 0 Å². The lowest BCUT2D eigenvalue weighted by molar-refractivity contribution is 0.814. The van der Waals surface area contributed by atoms with E-state index in [1.807, 2.05) is 25.3 Å². The summed E-state index contributed by atoms with van der Waals surface area (Å²) in [5, 5.41) is 0. The highest BCUT2D eigenvalue weighted by atomic mass is 79.9. The van der Waals surface area contributed by atoms with Crippen LogP contribution in [0.25, 0.3) is 0 Å². The Morgan fingerprint density at radius 3 is 2.70 bits per heavy atom. The summed E-state index contributed by atoms with van der Waals surface area (Å²) in [4.78, 5) is 6.58. The largest absolute Gasteiger partial charge is 0.373 e. The molecule has 2 aromatic rings. The third-order valence-electron chi connectivity index (χ3n) is 3.34. The number of nitrogens with two attached hydrogens (primary N) is 1. The van der Waals surface area contributed by atoms with Crippen molar-refractivity contribution >= 4 is 21.6 Å². The minimum Gasteiger partial charge on any atom is -0.373 e. The summed E-state index contributed by atoms with van der Waals surface area (Å²) < 4.78 is 1.08. The monoisotopic (exact) mass is 333 g/mol. The smallest absolute Gasteiger partial charge is 0.0508 e. The Kier molecular flexibility index (Phi) is 5.15. The first-order valence-corrected chi connectivity index (χ1v) is 7.53. The second-order valence-electron chi connectivity index (χ2n) is 4.99. The van der Waals surface area contributed by atoms with E-state index in [0.717, 1.165) is 28.7 Å². The number of pyridine rings is 1. The molecular weight excluding hydrogens is 314 g/mol. The number of likely N-dealkylation sites (N-methyl/N-ethyl adjacent to an activating group) is 1. The van der Waals surface area contributed by atoms with Gasteiger partial charge in [-0.3, -0.25) is 4.98 Å². The zero-order valence-electron chi connectivity index (χ0n) is 11.9. The standard InChI is InChI=1S/C16H20BrN3/c1-12(18)13-6-7-16(15(17)11-13)20(2)10-8-14-5-3-4-9-19-14/h3-7,9,11-12H,8,10,18H2,1-2H3/t12-/m1/s1. The maximum absolute atomic E-state index is 5.90. The second kappa shape index (κ2) is 6.86. The van der Waals surface area contributed by atoms with Crippen LogP contribution in [-0.4, -0.2) is 18.6 Å². The average Bonchev–Trinajstić information content (AvgIpc) is 2.45. The van der Waals surface area contributed by atoms with Crippen LogP contribution < -0.4 is 10.6 Å². The van der Waals surface area contributed by atoms with E-state index >= 15 is 0 Å². The maximum atomic E-state index is 5.90. The molecule has 0 saturated heterocycles. The minimum atomic E-state index is 0.0548. The maximum Gasteiger partial charge on any atom is 0.0508 e. The predicted molar refractivity (Wildman–Crippen MR) is 88.0 cm³/mol. The van der Waals surface area contributed by atoms with Gasteiger partial charge in [0.25, 0.3) is 0 Å². The first kappa shape index (κ1) is 15.0. The van der Waals surface area contributed by atoms with Gasteiger partial charge in [-0.1, -0.05) is 12.1 Å². The molecule has 0 radical (unpaired) electrons. The molecule has 4 heteroatoms. The van der Waals surface area contributed by atoms with Gasteiger partial charge in [0.15, 0.2) is 0 Å². The fraction of sp³-hybridized carbons (Fsp3) is 0.312. The molecule has 3 nitrogen and oxygen atoms in total. The number of halogens is 1. The van der Waals surface area contributed by atoms with Crippen molar-refractivity contribution in [3.8, 4) is 0 Å². The summed E-state index contributed by atoms with van der Waals surface area (Å²) in [5.41, 5.74) is 9.32. The molecule has 1 atom stereocenters. The topological polar surface area (TPSA) is 42.1 Å². The Morgan fingerprint density at radius 1 is 1.30 bits per heavy atom. The van der Waals surface area contributed by atoms with Gasteiger partial charge >= 0.3 is 0 Å². The minimum absolute atomic E-state index is 0.0548. The van der Waals surface area contributed by atoms with E-state index in [-0.39, 0.29) is 6.04 Å². The zero-order chi connectivity index (χ0) is 14.5. The summed E-state index contributed by atoms with van der Waals surface area (Å²) in [6.45, 7) is 2.92. The van der Waals surface area contributed by atoms with Gasteiger partial charge in [-0.05, 0) is 52.7 Å². The highest BCUT2D eigenvalue weighted by Gasteiger charge is 2.08. The number of hydrogen-bond donors (Lipinski definition) is 1. The lowest BCUT2D eigenvalue weighted by Gasteiger charge is -2.21. The SMILES string of the molecule is C[C@@H](N)c1ccc(N(C)CCc2ccccn2)c(Br)c1. The second-order valence-corrected chi connectivity index (χ2v) is 5.85. The molecule has 0 amide bonds. The van der Waals surface area contributed by atoms with Crippen LogP contribution in [0.15, 0.2) is 47.1 Å². The number of hydrogen-bond acceptors (Lipinski definition) is 3. The lowest BCUT2D eigenvalue weighted by Crippen LogP contribution is -2.21. The molecule has 1 heterocycles. The molecule has 0 aliphatic heterocycles. The Balaban J connectivity index is 2.04. The van der Waals surface area contributed by atoms with Gasteiger partial charge in [0.1, 0.15) is 0 Å². The van der Waals surface area contributed by atoms with Crippen LogP contribution in [0, 0.1) is 0 Å². The van der Waals surface area contributed by atoms with Crippen molar-refractivity contribution in [1.29, 1.82) is 0 Å². The predicted octanol–water partition coefficient (Wildman–Crippen LogP) is 3.54. The van der Waals surface area contributed by atoms with Crippen LogP contribution in [0.4, 0.5) is 5.69 Å². The fourth-order valence-electron chi connectivity index (χ4n) is 2.06.